The minimum atomic E-state index is 0.0406. The number of rotatable bonds is 5. The highest BCUT2D eigenvalue weighted by molar-refractivity contribution is 9.10. The summed E-state index contributed by atoms with van der Waals surface area (Å²) in [4.78, 5) is 0. The van der Waals surface area contributed by atoms with Crippen LogP contribution < -0.4 is 10.1 Å². The normalized spacial score (nSPS) is 12.6. The molecule has 0 atom stereocenters. The maximum Gasteiger partial charge on any atom is 0.139 e. The van der Waals surface area contributed by atoms with Crippen LogP contribution >= 0.6 is 27.5 Å². The van der Waals surface area contributed by atoms with Crippen LogP contribution in [0.5, 0.6) is 5.75 Å². The standard InChI is InChI=1S/C15H23BrClNO/c1-14(2,3)18-9-15(4,5)10-19-13-8-11(16)6-7-12(13)17/h6-8,18H,9-10H2,1-5H3. The average Bonchev–Trinajstić information content (AvgIpc) is 2.27. The van der Waals surface area contributed by atoms with Crippen molar-refractivity contribution < 1.29 is 4.74 Å². The molecule has 4 heteroatoms. The van der Waals surface area contributed by atoms with Gasteiger partial charge >= 0.3 is 0 Å². The Morgan fingerprint density at radius 2 is 1.84 bits per heavy atom. The van der Waals surface area contributed by atoms with Gasteiger partial charge in [-0.3, -0.25) is 0 Å². The summed E-state index contributed by atoms with van der Waals surface area (Å²) < 4.78 is 6.82. The van der Waals surface area contributed by atoms with E-state index >= 15 is 0 Å². The van der Waals surface area contributed by atoms with Gasteiger partial charge in [0.05, 0.1) is 11.6 Å². The molecular weight excluding hydrogens is 326 g/mol. The molecule has 0 amide bonds. The third-order valence-corrected chi connectivity index (χ3v) is 3.41. The molecule has 0 saturated carbocycles. The van der Waals surface area contributed by atoms with Gasteiger partial charge in [0.2, 0.25) is 0 Å². The lowest BCUT2D eigenvalue weighted by molar-refractivity contribution is 0.166. The summed E-state index contributed by atoms with van der Waals surface area (Å²) in [7, 11) is 0. The molecule has 108 valence electrons. The maximum absolute atomic E-state index is 6.11. The zero-order valence-corrected chi connectivity index (χ0v) is 14.7. The van der Waals surface area contributed by atoms with Crippen molar-refractivity contribution in [3.05, 3.63) is 27.7 Å². The molecule has 0 spiro atoms. The minimum Gasteiger partial charge on any atom is -0.491 e. The summed E-state index contributed by atoms with van der Waals surface area (Å²) in [5, 5.41) is 4.14. The molecule has 1 aromatic carbocycles. The molecule has 0 aromatic heterocycles. The lowest BCUT2D eigenvalue weighted by atomic mass is 9.93. The van der Waals surface area contributed by atoms with Crippen molar-refractivity contribution >= 4 is 27.5 Å². The first-order chi connectivity index (χ1) is 8.59. The van der Waals surface area contributed by atoms with Crippen molar-refractivity contribution in [2.75, 3.05) is 13.2 Å². The topological polar surface area (TPSA) is 21.3 Å². The molecule has 0 fully saturated rings. The summed E-state index contributed by atoms with van der Waals surface area (Å²) in [6, 6.07) is 5.64. The van der Waals surface area contributed by atoms with Crippen LogP contribution in [-0.2, 0) is 0 Å². The Hall–Kier alpha value is -0.250. The molecule has 1 rings (SSSR count). The SMILES string of the molecule is CC(C)(CNC(C)(C)C)COc1cc(Br)ccc1Cl. The van der Waals surface area contributed by atoms with Crippen LogP contribution in [0.4, 0.5) is 0 Å². The number of ether oxygens (including phenoxy) is 1. The van der Waals surface area contributed by atoms with Gasteiger partial charge in [0, 0.05) is 22.0 Å². The Morgan fingerprint density at radius 3 is 2.42 bits per heavy atom. The maximum atomic E-state index is 6.11. The van der Waals surface area contributed by atoms with Crippen molar-refractivity contribution in [1.29, 1.82) is 0 Å². The Bertz CT molecular complexity index is 427. The van der Waals surface area contributed by atoms with E-state index in [-0.39, 0.29) is 11.0 Å². The van der Waals surface area contributed by atoms with E-state index < -0.39 is 0 Å². The highest BCUT2D eigenvalue weighted by atomic mass is 79.9. The summed E-state index contributed by atoms with van der Waals surface area (Å²) in [6.07, 6.45) is 0. The molecule has 0 bridgehead atoms. The first kappa shape index (κ1) is 16.8. The van der Waals surface area contributed by atoms with Crippen LogP contribution in [0, 0.1) is 5.41 Å². The van der Waals surface area contributed by atoms with E-state index in [9.17, 15) is 0 Å². The van der Waals surface area contributed by atoms with Crippen LogP contribution in [-0.4, -0.2) is 18.7 Å². The third kappa shape index (κ3) is 6.64. The number of benzene rings is 1. The molecule has 0 radical (unpaired) electrons. The molecular formula is C15H23BrClNO. The van der Waals surface area contributed by atoms with Gasteiger partial charge in [-0.1, -0.05) is 41.4 Å². The Kier molecular flexibility index (Phi) is 5.72. The van der Waals surface area contributed by atoms with E-state index in [1.54, 1.807) is 0 Å². The lowest BCUT2D eigenvalue weighted by Gasteiger charge is -2.30. The first-order valence-corrected chi connectivity index (χ1v) is 7.59. The predicted molar refractivity (Wildman–Crippen MR) is 86.2 cm³/mol. The zero-order valence-electron chi connectivity index (χ0n) is 12.3. The van der Waals surface area contributed by atoms with Gasteiger partial charge in [0.1, 0.15) is 5.75 Å². The van der Waals surface area contributed by atoms with Crippen molar-refractivity contribution in [2.45, 2.75) is 40.2 Å². The minimum absolute atomic E-state index is 0.0406. The van der Waals surface area contributed by atoms with Crippen LogP contribution in [0.25, 0.3) is 0 Å². The second-order valence-electron chi connectivity index (χ2n) is 6.63. The fourth-order valence-corrected chi connectivity index (χ4v) is 1.93. The highest BCUT2D eigenvalue weighted by Gasteiger charge is 2.22. The van der Waals surface area contributed by atoms with Gasteiger partial charge in [-0.2, -0.15) is 0 Å². The fraction of sp³-hybridized carbons (Fsp3) is 0.600. The van der Waals surface area contributed by atoms with Gasteiger partial charge in [0.25, 0.3) is 0 Å². The largest absolute Gasteiger partial charge is 0.491 e. The van der Waals surface area contributed by atoms with Crippen LogP contribution in [0.15, 0.2) is 22.7 Å². The van der Waals surface area contributed by atoms with E-state index in [1.807, 2.05) is 18.2 Å². The second-order valence-corrected chi connectivity index (χ2v) is 7.95. The van der Waals surface area contributed by atoms with Gasteiger partial charge in [0.15, 0.2) is 0 Å². The molecule has 0 aliphatic heterocycles. The van der Waals surface area contributed by atoms with Gasteiger partial charge in [-0.25, -0.2) is 0 Å². The number of halogens is 2. The first-order valence-electron chi connectivity index (χ1n) is 6.42. The van der Waals surface area contributed by atoms with Gasteiger partial charge < -0.3 is 10.1 Å². The smallest absolute Gasteiger partial charge is 0.139 e. The summed E-state index contributed by atoms with van der Waals surface area (Å²) in [5.41, 5.74) is 0.156. The predicted octanol–water partition coefficient (Wildman–Crippen LogP) is 4.90. The molecule has 2 nitrogen and oxygen atoms in total. The molecule has 1 aromatic rings. The molecule has 1 N–H and O–H groups in total. The molecule has 0 saturated heterocycles. The van der Waals surface area contributed by atoms with Crippen LogP contribution in [0.2, 0.25) is 5.02 Å². The number of nitrogens with one attached hydrogen (secondary N) is 1. The average molecular weight is 349 g/mol. The van der Waals surface area contributed by atoms with Crippen molar-refractivity contribution in [1.82, 2.24) is 5.32 Å². The summed E-state index contributed by atoms with van der Waals surface area (Å²) >= 11 is 9.54. The lowest BCUT2D eigenvalue weighted by Crippen LogP contribution is -2.43. The van der Waals surface area contributed by atoms with Gasteiger partial charge in [-0.05, 0) is 39.0 Å². The Labute approximate surface area is 130 Å². The molecule has 19 heavy (non-hydrogen) atoms. The summed E-state index contributed by atoms with van der Waals surface area (Å²) in [6.45, 7) is 12.4. The molecule has 0 aliphatic rings. The molecule has 0 aliphatic carbocycles. The summed E-state index contributed by atoms with van der Waals surface area (Å²) in [5.74, 6) is 0.722. The van der Waals surface area contributed by atoms with Crippen LogP contribution in [0.1, 0.15) is 34.6 Å². The zero-order chi connectivity index (χ0) is 14.7. The van der Waals surface area contributed by atoms with E-state index in [2.05, 4.69) is 55.9 Å². The fourth-order valence-electron chi connectivity index (χ4n) is 1.42. The van der Waals surface area contributed by atoms with E-state index in [0.29, 0.717) is 11.6 Å². The molecule has 0 unspecified atom stereocenters. The Balaban J connectivity index is 2.57. The Morgan fingerprint density at radius 1 is 1.21 bits per heavy atom. The van der Waals surface area contributed by atoms with Crippen molar-refractivity contribution in [3.8, 4) is 5.75 Å². The second kappa shape index (κ2) is 6.47. The highest BCUT2D eigenvalue weighted by Crippen LogP contribution is 2.29. The monoisotopic (exact) mass is 347 g/mol. The van der Waals surface area contributed by atoms with E-state index in [1.165, 1.54) is 0 Å². The van der Waals surface area contributed by atoms with Crippen molar-refractivity contribution in [3.63, 3.8) is 0 Å². The van der Waals surface area contributed by atoms with Crippen LogP contribution in [0.3, 0.4) is 0 Å². The van der Waals surface area contributed by atoms with E-state index in [4.69, 9.17) is 16.3 Å². The number of hydrogen-bond donors (Lipinski definition) is 1. The quantitative estimate of drug-likeness (QED) is 0.817. The van der Waals surface area contributed by atoms with Gasteiger partial charge in [-0.15, -0.1) is 0 Å². The third-order valence-electron chi connectivity index (χ3n) is 2.61. The molecule has 0 heterocycles. The van der Waals surface area contributed by atoms with E-state index in [0.717, 1.165) is 16.8 Å². The number of hydrogen-bond acceptors (Lipinski definition) is 2. The van der Waals surface area contributed by atoms with Crippen molar-refractivity contribution in [2.24, 2.45) is 5.41 Å².